The van der Waals surface area contributed by atoms with Gasteiger partial charge in [0, 0.05) is 0 Å². The Morgan fingerprint density at radius 2 is 2.09 bits per heavy atom. The maximum absolute atomic E-state index is 9.07. The largest absolute Gasteiger partial charge is 0.506 e. The maximum atomic E-state index is 9.07. The number of aliphatic hydroxyl groups excluding tert-OH is 4. The third-order valence-electron chi connectivity index (χ3n) is 1.55. The lowest BCUT2D eigenvalue weighted by atomic mass is 10.1. The van der Waals surface area contributed by atoms with Crippen LogP contribution in [0, 0.1) is 0 Å². The quantitative estimate of drug-likeness (QED) is 0.376. The van der Waals surface area contributed by atoms with Crippen LogP contribution in [0.5, 0.6) is 0 Å². The van der Waals surface area contributed by atoms with E-state index in [0.29, 0.717) is 0 Å². The fraction of sp³-hybridized carbons (Fsp3) is 0.667. The number of aliphatic hydroxyl groups is 4. The van der Waals surface area contributed by atoms with Crippen LogP contribution in [0.2, 0.25) is 0 Å². The minimum Gasteiger partial charge on any atom is -0.506 e. The Bertz CT molecular complexity index is 166. The summed E-state index contributed by atoms with van der Waals surface area (Å²) in [5.41, 5.74) is 0. The average molecular weight is 162 g/mol. The van der Waals surface area contributed by atoms with E-state index in [1.807, 2.05) is 0 Å². The minimum atomic E-state index is -1.36. The molecular formula is C6H10O5. The summed E-state index contributed by atoms with van der Waals surface area (Å²) in [4.78, 5) is 0. The fourth-order valence-corrected chi connectivity index (χ4v) is 0.837. The molecule has 1 rings (SSSR count). The zero-order valence-electron chi connectivity index (χ0n) is 5.71. The smallest absolute Gasteiger partial charge is 0.158 e. The molecule has 0 spiro atoms. The van der Waals surface area contributed by atoms with Crippen molar-refractivity contribution < 1.29 is 25.2 Å². The van der Waals surface area contributed by atoms with E-state index in [1.165, 1.54) is 0 Å². The number of hydrogen-bond donors (Lipinski definition) is 4. The summed E-state index contributed by atoms with van der Waals surface area (Å²) in [7, 11) is 0. The van der Waals surface area contributed by atoms with Gasteiger partial charge >= 0.3 is 0 Å². The van der Waals surface area contributed by atoms with Crippen LogP contribution in [0.25, 0.3) is 0 Å². The predicted molar refractivity (Wildman–Crippen MR) is 34.7 cm³/mol. The van der Waals surface area contributed by atoms with Crippen molar-refractivity contribution in [2.45, 2.75) is 18.3 Å². The summed E-state index contributed by atoms with van der Waals surface area (Å²) in [6.07, 6.45) is -2.58. The van der Waals surface area contributed by atoms with Crippen molar-refractivity contribution in [2.24, 2.45) is 0 Å². The van der Waals surface area contributed by atoms with E-state index in [4.69, 9.17) is 20.4 Å². The molecule has 0 aromatic heterocycles. The van der Waals surface area contributed by atoms with Gasteiger partial charge in [0.25, 0.3) is 0 Å². The molecule has 1 heterocycles. The summed E-state index contributed by atoms with van der Waals surface area (Å²) in [6.45, 7) is -0.401. The van der Waals surface area contributed by atoms with E-state index in [9.17, 15) is 0 Å². The van der Waals surface area contributed by atoms with E-state index in [-0.39, 0.29) is 0 Å². The Balaban J connectivity index is 2.68. The molecule has 0 aliphatic carbocycles. The van der Waals surface area contributed by atoms with Gasteiger partial charge in [-0.15, -0.1) is 0 Å². The molecule has 64 valence electrons. The molecule has 1 aliphatic rings. The van der Waals surface area contributed by atoms with Gasteiger partial charge in [-0.25, -0.2) is 0 Å². The zero-order valence-corrected chi connectivity index (χ0v) is 5.71. The molecule has 4 N–H and O–H groups in total. The van der Waals surface area contributed by atoms with Crippen LogP contribution < -0.4 is 0 Å². The summed E-state index contributed by atoms with van der Waals surface area (Å²) in [6, 6.07) is 0. The van der Waals surface area contributed by atoms with Crippen LogP contribution in [-0.2, 0) is 4.74 Å². The third-order valence-corrected chi connectivity index (χ3v) is 1.55. The Kier molecular flexibility index (Phi) is 2.33. The van der Waals surface area contributed by atoms with Gasteiger partial charge in [-0.05, 0) is 0 Å². The van der Waals surface area contributed by atoms with E-state index >= 15 is 0 Å². The van der Waals surface area contributed by atoms with Gasteiger partial charge in [0.05, 0.1) is 6.61 Å². The SMILES string of the molecule is OC[C@H]1OC=C(O)[C@@H](O)[C@@H]1O. The third kappa shape index (κ3) is 1.45. The zero-order chi connectivity index (χ0) is 8.43. The van der Waals surface area contributed by atoms with Crippen LogP contribution in [0.1, 0.15) is 0 Å². The monoisotopic (exact) mass is 162 g/mol. The van der Waals surface area contributed by atoms with Gasteiger partial charge in [-0.3, -0.25) is 0 Å². The van der Waals surface area contributed by atoms with Gasteiger partial charge in [0.2, 0.25) is 0 Å². The molecule has 0 aromatic carbocycles. The topological polar surface area (TPSA) is 90.2 Å². The summed E-state index contributed by atoms with van der Waals surface area (Å²) >= 11 is 0. The highest BCUT2D eigenvalue weighted by Crippen LogP contribution is 2.16. The minimum absolute atomic E-state index is 0.401. The highest BCUT2D eigenvalue weighted by molar-refractivity contribution is 5.03. The molecule has 5 nitrogen and oxygen atoms in total. The van der Waals surface area contributed by atoms with Gasteiger partial charge in [-0.2, -0.15) is 0 Å². The predicted octanol–water partition coefficient (Wildman–Crippen LogP) is -1.50. The summed E-state index contributed by atoms with van der Waals surface area (Å²) in [5, 5.41) is 35.4. The van der Waals surface area contributed by atoms with Gasteiger partial charge in [-0.1, -0.05) is 0 Å². The fourth-order valence-electron chi connectivity index (χ4n) is 0.837. The second-order valence-corrected chi connectivity index (χ2v) is 2.34. The highest BCUT2D eigenvalue weighted by Gasteiger charge is 2.33. The van der Waals surface area contributed by atoms with Crippen molar-refractivity contribution in [3.63, 3.8) is 0 Å². The number of rotatable bonds is 1. The first-order valence-corrected chi connectivity index (χ1v) is 3.18. The average Bonchev–Trinajstić information content (AvgIpc) is 2.01. The van der Waals surface area contributed by atoms with Crippen LogP contribution in [0.4, 0.5) is 0 Å². The Morgan fingerprint density at radius 1 is 1.45 bits per heavy atom. The molecule has 0 amide bonds. The van der Waals surface area contributed by atoms with Crippen LogP contribution in [0.3, 0.4) is 0 Å². The second kappa shape index (κ2) is 3.08. The first kappa shape index (κ1) is 8.32. The van der Waals surface area contributed by atoms with Crippen molar-refractivity contribution in [3.05, 3.63) is 12.0 Å². The van der Waals surface area contributed by atoms with Crippen LogP contribution in [-0.4, -0.2) is 45.3 Å². The molecule has 0 radical (unpaired) electrons. The van der Waals surface area contributed by atoms with Crippen molar-refractivity contribution in [2.75, 3.05) is 6.61 Å². The maximum Gasteiger partial charge on any atom is 0.158 e. The van der Waals surface area contributed by atoms with E-state index in [0.717, 1.165) is 6.26 Å². The normalized spacial score (nSPS) is 37.7. The second-order valence-electron chi connectivity index (χ2n) is 2.34. The van der Waals surface area contributed by atoms with Crippen molar-refractivity contribution in [1.29, 1.82) is 0 Å². The lowest BCUT2D eigenvalue weighted by Crippen LogP contribution is -2.44. The first-order valence-electron chi connectivity index (χ1n) is 3.18. The molecule has 3 atom stereocenters. The molecule has 0 saturated carbocycles. The molecular weight excluding hydrogens is 152 g/mol. The Labute approximate surface area is 63.2 Å². The molecule has 0 saturated heterocycles. The lowest BCUT2D eigenvalue weighted by molar-refractivity contribution is -0.101. The molecule has 0 aromatic rings. The molecule has 0 bridgehead atoms. The van der Waals surface area contributed by atoms with E-state index in [2.05, 4.69) is 4.74 Å². The molecule has 11 heavy (non-hydrogen) atoms. The van der Waals surface area contributed by atoms with Crippen LogP contribution in [0.15, 0.2) is 12.0 Å². The van der Waals surface area contributed by atoms with Gasteiger partial charge < -0.3 is 25.2 Å². The van der Waals surface area contributed by atoms with Crippen LogP contribution >= 0.6 is 0 Å². The molecule has 1 aliphatic heterocycles. The van der Waals surface area contributed by atoms with E-state index < -0.39 is 30.7 Å². The Morgan fingerprint density at radius 3 is 2.64 bits per heavy atom. The summed E-state index contributed by atoms with van der Waals surface area (Å²) in [5.74, 6) is -0.429. The van der Waals surface area contributed by atoms with Crippen molar-refractivity contribution in [1.82, 2.24) is 0 Å². The standard InChI is InChI=1S/C6H10O5/c7-1-4-6(10)5(9)3(8)2-11-4/h2,4-10H,1H2/t4-,5-,6-/m1/s1. The highest BCUT2D eigenvalue weighted by atomic mass is 16.5. The van der Waals surface area contributed by atoms with E-state index in [1.54, 1.807) is 0 Å². The Hall–Kier alpha value is -0.780. The number of hydrogen-bond acceptors (Lipinski definition) is 5. The van der Waals surface area contributed by atoms with Gasteiger partial charge in [0.1, 0.15) is 24.6 Å². The molecule has 5 heteroatoms. The lowest BCUT2D eigenvalue weighted by Gasteiger charge is -2.28. The number of ether oxygens (including phenoxy) is 1. The van der Waals surface area contributed by atoms with Gasteiger partial charge in [0.15, 0.2) is 5.76 Å². The first-order chi connectivity index (χ1) is 5.16. The molecule has 0 unspecified atom stereocenters. The van der Waals surface area contributed by atoms with Crippen molar-refractivity contribution in [3.8, 4) is 0 Å². The molecule has 0 fully saturated rings. The van der Waals surface area contributed by atoms with Crippen molar-refractivity contribution >= 4 is 0 Å². The summed E-state index contributed by atoms with van der Waals surface area (Å²) < 4.78 is 4.65.